The van der Waals surface area contributed by atoms with E-state index in [0.29, 0.717) is 18.6 Å². The van der Waals surface area contributed by atoms with Gasteiger partial charge in [-0.3, -0.25) is 4.79 Å². The third-order valence-corrected chi connectivity index (χ3v) is 2.78. The first kappa shape index (κ1) is 15.6. The Labute approximate surface area is 108 Å². The molecule has 0 amide bonds. The summed E-state index contributed by atoms with van der Waals surface area (Å²) in [5.74, 6) is -1.84. The van der Waals surface area contributed by atoms with Crippen LogP contribution < -0.4 is 0 Å². The van der Waals surface area contributed by atoms with Crippen LogP contribution in [-0.2, 0) is 10.9 Å². The summed E-state index contributed by atoms with van der Waals surface area (Å²) >= 11 is 0. The number of rotatable bonds is 5. The lowest BCUT2D eigenvalue weighted by molar-refractivity contribution is -0.140. The molecule has 0 spiro atoms. The normalized spacial score (nSPS) is 13.4. The molecule has 0 aliphatic carbocycles. The molecule has 2 nitrogen and oxygen atoms in total. The third kappa shape index (κ3) is 4.31. The van der Waals surface area contributed by atoms with E-state index in [4.69, 9.17) is 4.74 Å². The molecule has 1 aromatic carbocycles. The maximum Gasteiger partial charge on any atom is 0.419 e. The van der Waals surface area contributed by atoms with Crippen molar-refractivity contribution in [2.45, 2.75) is 32.0 Å². The number of ketones is 1. The number of halogens is 4. The van der Waals surface area contributed by atoms with Gasteiger partial charge in [-0.2, -0.15) is 13.2 Å². The van der Waals surface area contributed by atoms with E-state index >= 15 is 0 Å². The van der Waals surface area contributed by atoms with E-state index < -0.39 is 23.3 Å². The fourth-order valence-electron chi connectivity index (χ4n) is 1.51. The van der Waals surface area contributed by atoms with Crippen LogP contribution in [0.3, 0.4) is 0 Å². The van der Waals surface area contributed by atoms with Crippen LogP contribution >= 0.6 is 0 Å². The molecule has 0 bridgehead atoms. The van der Waals surface area contributed by atoms with Crippen LogP contribution in [0.5, 0.6) is 0 Å². The Hall–Kier alpha value is -1.43. The summed E-state index contributed by atoms with van der Waals surface area (Å²) in [5, 5.41) is 0. The summed E-state index contributed by atoms with van der Waals surface area (Å²) in [7, 11) is 1.49. The number of benzene rings is 1. The fourth-order valence-corrected chi connectivity index (χ4v) is 1.51. The van der Waals surface area contributed by atoms with Gasteiger partial charge in [0.1, 0.15) is 5.82 Å². The zero-order valence-electron chi connectivity index (χ0n) is 10.6. The van der Waals surface area contributed by atoms with Crippen molar-refractivity contribution in [1.82, 2.24) is 0 Å². The summed E-state index contributed by atoms with van der Waals surface area (Å²) in [6.07, 6.45) is -4.36. The highest BCUT2D eigenvalue weighted by atomic mass is 19.4. The molecule has 0 saturated heterocycles. The highest BCUT2D eigenvalue weighted by Gasteiger charge is 2.34. The zero-order valence-corrected chi connectivity index (χ0v) is 10.6. The molecular formula is C13H14F4O2. The first-order chi connectivity index (χ1) is 8.75. The summed E-state index contributed by atoms with van der Waals surface area (Å²) in [5.41, 5.74) is -1.43. The number of methoxy groups -OCH3 is 1. The van der Waals surface area contributed by atoms with Gasteiger partial charge in [0, 0.05) is 19.1 Å². The number of carbonyl (C=O) groups is 1. The molecule has 106 valence electrons. The lowest BCUT2D eigenvalue weighted by Crippen LogP contribution is -2.11. The summed E-state index contributed by atoms with van der Waals surface area (Å²) in [4.78, 5) is 11.7. The van der Waals surface area contributed by atoms with Crippen molar-refractivity contribution in [2.24, 2.45) is 0 Å². The largest absolute Gasteiger partial charge is 0.419 e. The predicted molar refractivity (Wildman–Crippen MR) is 61.4 cm³/mol. The van der Waals surface area contributed by atoms with Crippen LogP contribution in [0.2, 0.25) is 0 Å². The second-order valence-electron chi connectivity index (χ2n) is 4.20. The van der Waals surface area contributed by atoms with Gasteiger partial charge in [-0.25, -0.2) is 4.39 Å². The van der Waals surface area contributed by atoms with Crippen LogP contribution in [0.25, 0.3) is 0 Å². The Morgan fingerprint density at radius 3 is 2.47 bits per heavy atom. The first-order valence-corrected chi connectivity index (χ1v) is 5.68. The number of hydrogen-bond acceptors (Lipinski definition) is 2. The molecule has 0 N–H and O–H groups in total. The molecule has 19 heavy (non-hydrogen) atoms. The first-order valence-electron chi connectivity index (χ1n) is 5.68. The Bertz CT molecular complexity index is 454. The van der Waals surface area contributed by atoms with Gasteiger partial charge >= 0.3 is 6.18 Å². The zero-order chi connectivity index (χ0) is 14.6. The number of Topliss-reactive ketones (excluding diaryl/α,β-unsaturated/α-hetero) is 1. The molecule has 0 fully saturated rings. The van der Waals surface area contributed by atoms with Gasteiger partial charge in [0.2, 0.25) is 0 Å². The summed E-state index contributed by atoms with van der Waals surface area (Å²) in [6, 6.07) is 2.21. The maximum atomic E-state index is 13.3. The Balaban J connectivity index is 2.81. The minimum absolute atomic E-state index is 0.0613. The van der Waals surface area contributed by atoms with E-state index in [0.717, 1.165) is 6.07 Å². The molecule has 1 atom stereocenters. The van der Waals surface area contributed by atoms with Gasteiger partial charge in [-0.05, 0) is 25.5 Å². The van der Waals surface area contributed by atoms with Crippen molar-refractivity contribution in [2.75, 3.05) is 7.11 Å². The van der Waals surface area contributed by atoms with Gasteiger partial charge in [-0.1, -0.05) is 6.07 Å². The average Bonchev–Trinajstić information content (AvgIpc) is 2.33. The average molecular weight is 278 g/mol. The topological polar surface area (TPSA) is 26.3 Å². The Morgan fingerprint density at radius 1 is 1.37 bits per heavy atom. The second kappa shape index (κ2) is 6.14. The molecule has 6 heteroatoms. The van der Waals surface area contributed by atoms with Gasteiger partial charge < -0.3 is 4.74 Å². The third-order valence-electron chi connectivity index (χ3n) is 2.78. The number of ether oxygens (including phenoxy) is 1. The standard InChI is InChI=1S/C13H14F4O2/c1-8(19-2)3-6-12(18)9-4-5-10(11(14)7-9)13(15,16)17/h4-5,7-8H,3,6H2,1-2H3. The minimum atomic E-state index is -4.75. The molecule has 1 rings (SSSR count). The Morgan fingerprint density at radius 2 is 2.00 bits per heavy atom. The molecule has 0 aliphatic heterocycles. The molecule has 0 saturated carbocycles. The molecule has 1 unspecified atom stereocenters. The van der Waals surface area contributed by atoms with Crippen molar-refractivity contribution in [3.63, 3.8) is 0 Å². The van der Waals surface area contributed by atoms with E-state index in [9.17, 15) is 22.4 Å². The molecule has 0 radical (unpaired) electrons. The van der Waals surface area contributed by atoms with Crippen LogP contribution in [0.1, 0.15) is 35.7 Å². The molecule has 0 heterocycles. The number of alkyl halides is 3. The van der Waals surface area contributed by atoms with Crippen molar-refractivity contribution >= 4 is 5.78 Å². The van der Waals surface area contributed by atoms with E-state index in [1.807, 2.05) is 0 Å². The van der Waals surface area contributed by atoms with Crippen LogP contribution in [0, 0.1) is 5.82 Å². The van der Waals surface area contributed by atoms with Gasteiger partial charge in [-0.15, -0.1) is 0 Å². The quantitative estimate of drug-likeness (QED) is 0.604. The molecule has 0 aromatic heterocycles. The SMILES string of the molecule is COC(C)CCC(=O)c1ccc(C(F)(F)F)c(F)c1. The number of carbonyl (C=O) groups excluding carboxylic acids is 1. The van der Waals surface area contributed by atoms with Crippen LogP contribution in [0.15, 0.2) is 18.2 Å². The van der Waals surface area contributed by atoms with Gasteiger partial charge in [0.25, 0.3) is 0 Å². The Kier molecular flexibility index (Phi) is 5.05. The van der Waals surface area contributed by atoms with Crippen LogP contribution in [0.4, 0.5) is 17.6 Å². The van der Waals surface area contributed by atoms with Crippen molar-refractivity contribution in [1.29, 1.82) is 0 Å². The summed E-state index contributed by atoms with van der Waals surface area (Å²) in [6.45, 7) is 1.76. The second-order valence-corrected chi connectivity index (χ2v) is 4.20. The van der Waals surface area contributed by atoms with Gasteiger partial charge in [0.05, 0.1) is 11.7 Å². The van der Waals surface area contributed by atoms with E-state index in [2.05, 4.69) is 0 Å². The van der Waals surface area contributed by atoms with E-state index in [-0.39, 0.29) is 18.1 Å². The lowest BCUT2D eigenvalue weighted by Gasteiger charge is -2.10. The van der Waals surface area contributed by atoms with E-state index in [1.54, 1.807) is 6.92 Å². The predicted octanol–water partition coefficient (Wildman–Crippen LogP) is 3.84. The maximum absolute atomic E-state index is 13.3. The van der Waals surface area contributed by atoms with Crippen molar-refractivity contribution in [3.05, 3.63) is 35.1 Å². The van der Waals surface area contributed by atoms with Crippen molar-refractivity contribution < 1.29 is 27.1 Å². The van der Waals surface area contributed by atoms with Crippen LogP contribution in [-0.4, -0.2) is 19.0 Å². The van der Waals surface area contributed by atoms with Gasteiger partial charge in [0.15, 0.2) is 5.78 Å². The molecule has 1 aromatic rings. The fraction of sp³-hybridized carbons (Fsp3) is 0.462. The minimum Gasteiger partial charge on any atom is -0.382 e. The highest BCUT2D eigenvalue weighted by molar-refractivity contribution is 5.96. The monoisotopic (exact) mass is 278 g/mol. The molecule has 0 aliphatic rings. The van der Waals surface area contributed by atoms with E-state index in [1.165, 1.54) is 7.11 Å². The van der Waals surface area contributed by atoms with Crippen molar-refractivity contribution in [3.8, 4) is 0 Å². The lowest BCUT2D eigenvalue weighted by atomic mass is 10.0. The smallest absolute Gasteiger partial charge is 0.382 e. The number of hydrogen-bond donors (Lipinski definition) is 0. The molecular weight excluding hydrogens is 264 g/mol. The summed E-state index contributed by atoms with van der Waals surface area (Å²) < 4.78 is 55.2. The highest BCUT2D eigenvalue weighted by Crippen LogP contribution is 2.31.